The highest BCUT2D eigenvalue weighted by Crippen LogP contribution is 2.23. The number of carbonyl (C=O) groups is 2. The maximum atomic E-state index is 11.7. The van der Waals surface area contributed by atoms with E-state index in [9.17, 15) is 9.59 Å². The highest BCUT2D eigenvalue weighted by Gasteiger charge is 2.19. The second kappa shape index (κ2) is 5.94. The highest BCUT2D eigenvalue weighted by molar-refractivity contribution is 5.82. The van der Waals surface area contributed by atoms with Gasteiger partial charge < -0.3 is 4.79 Å². The molecule has 1 aliphatic rings. The fourth-order valence-electron chi connectivity index (χ4n) is 2.09. The van der Waals surface area contributed by atoms with Crippen molar-refractivity contribution in [2.75, 3.05) is 0 Å². The maximum Gasteiger partial charge on any atom is 0.135 e. The molecule has 0 spiro atoms. The summed E-state index contributed by atoms with van der Waals surface area (Å²) in [4.78, 5) is 22.5. The predicted octanol–water partition coefficient (Wildman–Crippen LogP) is 2.90. The summed E-state index contributed by atoms with van der Waals surface area (Å²) in [6, 6.07) is 0. The van der Waals surface area contributed by atoms with Crippen molar-refractivity contribution in [3.8, 4) is 0 Å². The second-order valence-electron chi connectivity index (χ2n) is 4.36. The lowest BCUT2D eigenvalue weighted by Crippen LogP contribution is -2.17. The lowest BCUT2D eigenvalue weighted by atomic mass is 9.86. The van der Waals surface area contributed by atoms with Crippen LogP contribution in [0.3, 0.4) is 0 Å². The minimum atomic E-state index is 0.180. The quantitative estimate of drug-likeness (QED) is 0.695. The van der Waals surface area contributed by atoms with Crippen molar-refractivity contribution in [2.24, 2.45) is 5.92 Å². The van der Waals surface area contributed by atoms with Crippen LogP contribution in [0.25, 0.3) is 0 Å². The SMILES string of the molecule is CC(=O)CCC1CCCCCCC1=O. The summed E-state index contributed by atoms with van der Waals surface area (Å²) in [6.07, 6.45) is 7.78. The maximum absolute atomic E-state index is 11.7. The first kappa shape index (κ1) is 11.4. The van der Waals surface area contributed by atoms with Crippen LogP contribution in [0.5, 0.6) is 0 Å². The van der Waals surface area contributed by atoms with Crippen molar-refractivity contribution >= 4 is 11.6 Å². The summed E-state index contributed by atoms with van der Waals surface area (Å²) in [5, 5.41) is 0. The largest absolute Gasteiger partial charge is 0.300 e. The molecule has 0 aliphatic heterocycles. The van der Waals surface area contributed by atoms with Crippen LogP contribution in [0.15, 0.2) is 0 Å². The monoisotopic (exact) mass is 196 g/mol. The first-order chi connectivity index (χ1) is 6.70. The van der Waals surface area contributed by atoms with Gasteiger partial charge in [-0.05, 0) is 26.2 Å². The lowest BCUT2D eigenvalue weighted by molar-refractivity contribution is -0.124. The zero-order valence-corrected chi connectivity index (χ0v) is 9.05. The van der Waals surface area contributed by atoms with E-state index in [2.05, 4.69) is 0 Å². The van der Waals surface area contributed by atoms with E-state index in [4.69, 9.17) is 0 Å². The molecule has 0 radical (unpaired) electrons. The molecule has 2 nitrogen and oxygen atoms in total. The van der Waals surface area contributed by atoms with Crippen molar-refractivity contribution in [1.29, 1.82) is 0 Å². The smallest absolute Gasteiger partial charge is 0.135 e. The first-order valence-corrected chi connectivity index (χ1v) is 5.72. The standard InChI is InChI=1S/C12H20O2/c1-10(13)8-9-11-6-4-2-3-5-7-12(11)14/h11H,2-9H2,1H3. The van der Waals surface area contributed by atoms with Crippen molar-refractivity contribution in [2.45, 2.75) is 58.3 Å². The van der Waals surface area contributed by atoms with E-state index in [1.165, 1.54) is 12.8 Å². The van der Waals surface area contributed by atoms with Crippen molar-refractivity contribution in [3.63, 3.8) is 0 Å². The van der Waals surface area contributed by atoms with E-state index in [1.54, 1.807) is 6.92 Å². The normalized spacial score (nSPS) is 24.1. The fourth-order valence-corrected chi connectivity index (χ4v) is 2.09. The van der Waals surface area contributed by atoms with Crippen LogP contribution in [-0.4, -0.2) is 11.6 Å². The third kappa shape index (κ3) is 4.03. The van der Waals surface area contributed by atoms with Crippen molar-refractivity contribution in [3.05, 3.63) is 0 Å². The van der Waals surface area contributed by atoms with Gasteiger partial charge in [0.25, 0.3) is 0 Å². The van der Waals surface area contributed by atoms with Gasteiger partial charge in [-0.15, -0.1) is 0 Å². The van der Waals surface area contributed by atoms with Crippen LogP contribution in [0.1, 0.15) is 58.3 Å². The molecule has 1 unspecified atom stereocenters. The van der Waals surface area contributed by atoms with Crippen LogP contribution in [0, 0.1) is 5.92 Å². The Hall–Kier alpha value is -0.660. The highest BCUT2D eigenvalue weighted by atomic mass is 16.1. The average Bonchev–Trinajstić information content (AvgIpc) is 2.10. The molecule has 0 aromatic carbocycles. The zero-order chi connectivity index (χ0) is 10.4. The van der Waals surface area contributed by atoms with E-state index in [-0.39, 0.29) is 11.7 Å². The Morgan fingerprint density at radius 3 is 2.71 bits per heavy atom. The van der Waals surface area contributed by atoms with E-state index in [0.717, 1.165) is 32.1 Å². The Morgan fingerprint density at radius 1 is 1.29 bits per heavy atom. The van der Waals surface area contributed by atoms with Gasteiger partial charge in [0.2, 0.25) is 0 Å². The van der Waals surface area contributed by atoms with Gasteiger partial charge in [-0.2, -0.15) is 0 Å². The van der Waals surface area contributed by atoms with Crippen LogP contribution in [0.4, 0.5) is 0 Å². The van der Waals surface area contributed by atoms with Gasteiger partial charge in [-0.3, -0.25) is 4.79 Å². The summed E-state index contributed by atoms with van der Waals surface area (Å²) >= 11 is 0. The molecule has 14 heavy (non-hydrogen) atoms. The van der Waals surface area contributed by atoms with Gasteiger partial charge in [-0.1, -0.05) is 19.3 Å². The molecule has 0 heterocycles. The Balaban J connectivity index is 2.37. The van der Waals surface area contributed by atoms with Crippen LogP contribution in [-0.2, 0) is 9.59 Å². The number of rotatable bonds is 3. The van der Waals surface area contributed by atoms with Crippen LogP contribution in [0.2, 0.25) is 0 Å². The summed E-state index contributed by atoms with van der Waals surface area (Å²) in [6.45, 7) is 1.60. The predicted molar refractivity (Wildman–Crippen MR) is 56.1 cm³/mol. The minimum Gasteiger partial charge on any atom is -0.300 e. The molecule has 1 fully saturated rings. The first-order valence-electron chi connectivity index (χ1n) is 5.72. The minimum absolute atomic E-state index is 0.180. The molecule has 2 heteroatoms. The van der Waals surface area contributed by atoms with Gasteiger partial charge in [0.05, 0.1) is 0 Å². The molecular formula is C12H20O2. The molecule has 1 saturated carbocycles. The molecule has 0 amide bonds. The van der Waals surface area contributed by atoms with E-state index < -0.39 is 0 Å². The van der Waals surface area contributed by atoms with Crippen LogP contribution >= 0.6 is 0 Å². The molecule has 1 atom stereocenters. The number of carbonyl (C=O) groups excluding carboxylic acids is 2. The number of ketones is 2. The van der Waals surface area contributed by atoms with Gasteiger partial charge in [-0.25, -0.2) is 0 Å². The Kier molecular flexibility index (Phi) is 4.85. The molecule has 0 saturated heterocycles. The summed E-state index contributed by atoms with van der Waals surface area (Å²) in [7, 11) is 0. The Morgan fingerprint density at radius 2 is 2.00 bits per heavy atom. The number of hydrogen-bond donors (Lipinski definition) is 0. The van der Waals surface area contributed by atoms with Gasteiger partial charge in [0.15, 0.2) is 0 Å². The number of hydrogen-bond acceptors (Lipinski definition) is 2. The summed E-state index contributed by atoms with van der Waals surface area (Å²) in [5.74, 6) is 0.782. The third-order valence-corrected chi connectivity index (χ3v) is 3.03. The molecule has 0 aromatic heterocycles. The molecular weight excluding hydrogens is 176 g/mol. The third-order valence-electron chi connectivity index (χ3n) is 3.03. The van der Waals surface area contributed by atoms with Gasteiger partial charge >= 0.3 is 0 Å². The van der Waals surface area contributed by atoms with E-state index >= 15 is 0 Å². The second-order valence-corrected chi connectivity index (χ2v) is 4.36. The molecule has 80 valence electrons. The fraction of sp³-hybridized carbons (Fsp3) is 0.833. The zero-order valence-electron chi connectivity index (χ0n) is 9.05. The average molecular weight is 196 g/mol. The van der Waals surface area contributed by atoms with E-state index in [1.807, 2.05) is 0 Å². The van der Waals surface area contributed by atoms with E-state index in [0.29, 0.717) is 12.2 Å². The van der Waals surface area contributed by atoms with Crippen molar-refractivity contribution in [1.82, 2.24) is 0 Å². The Bertz CT molecular complexity index is 208. The number of Topliss-reactive ketones (excluding diaryl/α,β-unsaturated/α-hetero) is 2. The molecule has 0 N–H and O–H groups in total. The topological polar surface area (TPSA) is 34.1 Å². The van der Waals surface area contributed by atoms with Crippen molar-refractivity contribution < 1.29 is 9.59 Å². The van der Waals surface area contributed by atoms with Crippen LogP contribution < -0.4 is 0 Å². The van der Waals surface area contributed by atoms with Gasteiger partial charge in [0.1, 0.15) is 11.6 Å². The summed E-state index contributed by atoms with van der Waals surface area (Å²) < 4.78 is 0. The van der Waals surface area contributed by atoms with Gasteiger partial charge in [0, 0.05) is 18.8 Å². The lowest BCUT2D eigenvalue weighted by Gasteiger charge is -2.17. The molecule has 0 bridgehead atoms. The molecule has 1 rings (SSSR count). The Labute approximate surface area is 86.1 Å². The molecule has 0 aromatic rings. The molecule has 1 aliphatic carbocycles. The summed E-state index contributed by atoms with van der Waals surface area (Å²) in [5.41, 5.74) is 0.